The SMILES string of the molecule is CCOc1cc(OC(C)C)c(F)c(C(Nc2ccc(-c3noc(C)n3)cc2)c2nc(-c3cnn(C)c3)cn2C(c2ccccc2)(c2ccccc2)c2ccccc2)c1. The topological polar surface area (TPSA) is 105 Å². The molecular formula is C47H44FN7O3. The number of aryl methyl sites for hydroxylation is 2. The molecular weight excluding hydrogens is 730 g/mol. The molecule has 0 aliphatic rings. The van der Waals surface area contributed by atoms with Crippen LogP contribution in [0.4, 0.5) is 10.1 Å². The molecule has 0 saturated carbocycles. The number of benzene rings is 5. The van der Waals surface area contributed by atoms with Gasteiger partial charge in [-0.3, -0.25) is 4.68 Å². The predicted molar refractivity (Wildman–Crippen MR) is 222 cm³/mol. The van der Waals surface area contributed by atoms with Crippen LogP contribution in [0.1, 0.15) is 60.8 Å². The number of imidazole rings is 1. The summed E-state index contributed by atoms with van der Waals surface area (Å²) in [6, 6.07) is 41.1. The van der Waals surface area contributed by atoms with Crippen molar-refractivity contribution in [3.8, 4) is 34.1 Å². The van der Waals surface area contributed by atoms with Crippen molar-refractivity contribution in [2.75, 3.05) is 11.9 Å². The lowest BCUT2D eigenvalue weighted by molar-refractivity contribution is 0.228. The van der Waals surface area contributed by atoms with E-state index in [1.165, 1.54) is 0 Å². The lowest BCUT2D eigenvalue weighted by Crippen LogP contribution is -2.39. The first-order valence-corrected chi connectivity index (χ1v) is 19.3. The standard InChI is InChI=1S/C47H44FN7O3/c1-6-56-39-26-40(43(48)42(27-39)57-31(2)3)44(51-38-24-22-33(23-25-38)45-50-32(4)58-53-45)46-52-41(34-28-49-54(5)29-34)30-55(46)47(35-16-10-7-11-17-35,36-18-12-8-13-19-36)37-20-14-9-15-21-37/h7-31,44,51H,6H2,1-5H3. The number of hydrogen-bond donors (Lipinski definition) is 1. The number of aromatic nitrogens is 6. The van der Waals surface area contributed by atoms with E-state index in [0.29, 0.717) is 41.3 Å². The smallest absolute Gasteiger partial charge is 0.223 e. The van der Waals surface area contributed by atoms with Crippen LogP contribution in [0.25, 0.3) is 22.6 Å². The Bertz CT molecular complexity index is 2510. The Labute approximate surface area is 336 Å². The second-order valence-corrected chi connectivity index (χ2v) is 14.3. The summed E-state index contributed by atoms with van der Waals surface area (Å²) in [5.41, 5.74) is 5.15. The van der Waals surface area contributed by atoms with Gasteiger partial charge in [0, 0.05) is 54.8 Å². The molecule has 5 aromatic carbocycles. The number of nitrogens with one attached hydrogen (secondary N) is 1. The minimum atomic E-state index is -1.00. The molecule has 10 nitrogen and oxygen atoms in total. The van der Waals surface area contributed by atoms with Gasteiger partial charge in [0.25, 0.3) is 0 Å². The highest BCUT2D eigenvalue weighted by molar-refractivity contribution is 5.63. The van der Waals surface area contributed by atoms with Gasteiger partial charge in [-0.05, 0) is 67.8 Å². The Morgan fingerprint density at radius 1 is 0.793 bits per heavy atom. The highest BCUT2D eigenvalue weighted by Gasteiger charge is 2.42. The average Bonchev–Trinajstić information content (AvgIpc) is 4.00. The van der Waals surface area contributed by atoms with E-state index < -0.39 is 17.4 Å². The summed E-state index contributed by atoms with van der Waals surface area (Å²) < 4.78 is 38.8. The monoisotopic (exact) mass is 773 g/mol. The van der Waals surface area contributed by atoms with E-state index >= 15 is 4.39 Å². The van der Waals surface area contributed by atoms with Crippen molar-refractivity contribution in [2.45, 2.75) is 45.4 Å². The first-order chi connectivity index (χ1) is 28.2. The van der Waals surface area contributed by atoms with Gasteiger partial charge >= 0.3 is 0 Å². The van der Waals surface area contributed by atoms with Crippen LogP contribution in [0.15, 0.2) is 151 Å². The summed E-state index contributed by atoms with van der Waals surface area (Å²) in [5.74, 6) is 1.48. The fourth-order valence-electron chi connectivity index (χ4n) is 7.49. The summed E-state index contributed by atoms with van der Waals surface area (Å²) in [6.45, 7) is 7.77. The molecule has 3 heterocycles. The van der Waals surface area contributed by atoms with Gasteiger partial charge in [-0.1, -0.05) is 96.2 Å². The van der Waals surface area contributed by atoms with E-state index in [2.05, 4.69) is 61.5 Å². The van der Waals surface area contributed by atoms with Gasteiger partial charge in [-0.2, -0.15) is 10.1 Å². The van der Waals surface area contributed by atoms with Crippen molar-refractivity contribution in [3.05, 3.63) is 186 Å². The zero-order valence-electron chi connectivity index (χ0n) is 33.0. The minimum Gasteiger partial charge on any atom is -0.494 e. The van der Waals surface area contributed by atoms with Crippen LogP contribution in [-0.2, 0) is 12.6 Å². The van der Waals surface area contributed by atoms with Crippen molar-refractivity contribution < 1.29 is 18.4 Å². The minimum absolute atomic E-state index is 0.0802. The lowest BCUT2D eigenvalue weighted by atomic mass is 9.76. The van der Waals surface area contributed by atoms with Crippen molar-refractivity contribution in [1.82, 2.24) is 29.5 Å². The Kier molecular flexibility index (Phi) is 10.6. The van der Waals surface area contributed by atoms with Crippen LogP contribution in [0.3, 0.4) is 0 Å². The third-order valence-corrected chi connectivity index (χ3v) is 9.94. The molecule has 0 aliphatic heterocycles. The van der Waals surface area contributed by atoms with Gasteiger partial charge in [-0.15, -0.1) is 0 Å². The molecule has 0 amide bonds. The number of hydrogen-bond acceptors (Lipinski definition) is 8. The quantitative estimate of drug-likeness (QED) is 0.109. The van der Waals surface area contributed by atoms with Gasteiger partial charge < -0.3 is 23.9 Å². The van der Waals surface area contributed by atoms with Gasteiger partial charge in [0.2, 0.25) is 11.7 Å². The van der Waals surface area contributed by atoms with Gasteiger partial charge in [0.15, 0.2) is 11.6 Å². The predicted octanol–water partition coefficient (Wildman–Crippen LogP) is 10.0. The van der Waals surface area contributed by atoms with Gasteiger partial charge in [-0.25, -0.2) is 9.37 Å². The number of halogens is 1. The molecule has 292 valence electrons. The average molecular weight is 774 g/mol. The highest BCUT2D eigenvalue weighted by atomic mass is 19.1. The van der Waals surface area contributed by atoms with Crippen molar-refractivity contribution in [1.29, 1.82) is 0 Å². The molecule has 0 saturated heterocycles. The molecule has 1 atom stereocenters. The maximum Gasteiger partial charge on any atom is 0.223 e. The van der Waals surface area contributed by atoms with Crippen molar-refractivity contribution in [2.24, 2.45) is 7.05 Å². The number of anilines is 1. The largest absolute Gasteiger partial charge is 0.494 e. The van der Waals surface area contributed by atoms with E-state index in [0.717, 1.165) is 27.8 Å². The summed E-state index contributed by atoms with van der Waals surface area (Å²) in [4.78, 5) is 9.85. The molecule has 0 fully saturated rings. The molecule has 8 aromatic rings. The van der Waals surface area contributed by atoms with E-state index in [-0.39, 0.29) is 17.4 Å². The maximum absolute atomic E-state index is 17.4. The Balaban J connectivity index is 1.45. The number of rotatable bonds is 14. The van der Waals surface area contributed by atoms with E-state index in [1.807, 2.05) is 119 Å². The van der Waals surface area contributed by atoms with Crippen LogP contribution in [0.2, 0.25) is 0 Å². The molecule has 0 spiro atoms. The molecule has 0 aliphatic carbocycles. The number of ether oxygens (including phenoxy) is 2. The molecule has 0 radical (unpaired) electrons. The Hall–Kier alpha value is -7.01. The summed E-state index contributed by atoms with van der Waals surface area (Å²) in [5, 5.41) is 12.3. The van der Waals surface area contributed by atoms with E-state index in [4.69, 9.17) is 19.0 Å². The summed E-state index contributed by atoms with van der Waals surface area (Å²) in [6.07, 6.45) is 5.47. The molecule has 1 unspecified atom stereocenters. The zero-order valence-corrected chi connectivity index (χ0v) is 33.0. The molecule has 11 heteroatoms. The first kappa shape index (κ1) is 37.9. The third-order valence-electron chi connectivity index (χ3n) is 9.94. The maximum atomic E-state index is 17.4. The van der Waals surface area contributed by atoms with Crippen molar-refractivity contribution >= 4 is 5.69 Å². The van der Waals surface area contributed by atoms with E-state index in [1.54, 1.807) is 29.9 Å². The van der Waals surface area contributed by atoms with Crippen LogP contribution in [0, 0.1) is 12.7 Å². The fourth-order valence-corrected chi connectivity index (χ4v) is 7.49. The van der Waals surface area contributed by atoms with E-state index in [9.17, 15) is 0 Å². The third kappa shape index (κ3) is 7.34. The molecule has 8 rings (SSSR count). The molecule has 58 heavy (non-hydrogen) atoms. The molecule has 3 aromatic heterocycles. The number of nitrogens with zero attached hydrogens (tertiary/aromatic N) is 6. The molecule has 0 bridgehead atoms. The fraction of sp³-hybridized carbons (Fsp3) is 0.191. The van der Waals surface area contributed by atoms with Gasteiger partial charge in [0.1, 0.15) is 23.2 Å². The second kappa shape index (κ2) is 16.2. The van der Waals surface area contributed by atoms with Gasteiger partial charge in [0.05, 0.1) is 24.6 Å². The Morgan fingerprint density at radius 3 is 1.93 bits per heavy atom. The normalized spacial score (nSPS) is 12.1. The first-order valence-electron chi connectivity index (χ1n) is 19.3. The van der Waals surface area contributed by atoms with Crippen LogP contribution >= 0.6 is 0 Å². The highest BCUT2D eigenvalue weighted by Crippen LogP contribution is 2.46. The second-order valence-electron chi connectivity index (χ2n) is 14.3. The molecule has 1 N–H and O–H groups in total. The zero-order chi connectivity index (χ0) is 40.2. The van der Waals surface area contributed by atoms with Crippen molar-refractivity contribution in [3.63, 3.8) is 0 Å². The van der Waals surface area contributed by atoms with Crippen LogP contribution in [0.5, 0.6) is 11.5 Å². The lowest BCUT2D eigenvalue weighted by Gasteiger charge is -2.39. The van der Waals surface area contributed by atoms with Crippen LogP contribution in [-0.4, -0.2) is 42.2 Å². The Morgan fingerprint density at radius 2 is 1.41 bits per heavy atom. The van der Waals surface area contributed by atoms with Crippen LogP contribution < -0.4 is 14.8 Å². The summed E-state index contributed by atoms with van der Waals surface area (Å²) >= 11 is 0. The summed E-state index contributed by atoms with van der Waals surface area (Å²) in [7, 11) is 1.87.